The van der Waals surface area contributed by atoms with E-state index in [9.17, 15) is 0 Å². The molecule has 0 atom stereocenters. The van der Waals surface area contributed by atoms with Crippen molar-refractivity contribution in [1.82, 2.24) is 4.57 Å². The van der Waals surface area contributed by atoms with Gasteiger partial charge in [0.2, 0.25) is 0 Å². The van der Waals surface area contributed by atoms with Gasteiger partial charge in [0.05, 0.1) is 16.4 Å². The smallest absolute Gasteiger partial charge is 0.535 e. The summed E-state index contributed by atoms with van der Waals surface area (Å²) in [5.74, 6) is 0.487. The molecule has 0 aliphatic rings. The molecule has 137 valence electrons. The third-order valence-corrected chi connectivity index (χ3v) is 5.46. The predicted octanol–water partition coefficient (Wildman–Crippen LogP) is 5.59. The summed E-state index contributed by atoms with van der Waals surface area (Å²) in [6.07, 6.45) is 0. The number of furan rings is 1. The highest BCUT2D eigenvalue weighted by atomic mass is 16.5. The molecule has 2 aromatic heterocycles. The molecule has 0 aliphatic heterocycles. The van der Waals surface area contributed by atoms with Crippen LogP contribution in [-0.4, -0.2) is 17.3 Å². The van der Waals surface area contributed by atoms with Gasteiger partial charge in [-0.3, -0.25) is 0 Å². The van der Waals surface area contributed by atoms with Crippen molar-refractivity contribution in [3.63, 3.8) is 0 Å². The van der Waals surface area contributed by atoms with Crippen LogP contribution in [0.25, 0.3) is 49.4 Å². The fourth-order valence-electron chi connectivity index (χ4n) is 4.29. The molecule has 6 aromatic rings. The number of hydrogen-bond acceptors (Lipinski definition) is 3. The number of fused-ring (bicyclic) bond motifs is 7. The first-order chi connectivity index (χ1) is 14.4. The van der Waals surface area contributed by atoms with E-state index >= 15 is 0 Å². The Balaban J connectivity index is 1.81. The van der Waals surface area contributed by atoms with Gasteiger partial charge in [0.15, 0.2) is 5.58 Å². The van der Waals surface area contributed by atoms with Gasteiger partial charge in [-0.1, -0.05) is 48.5 Å². The minimum absolute atomic E-state index is 0.487. The molecule has 0 bridgehead atoms. The highest BCUT2D eigenvalue weighted by molar-refractivity contribution is 6.24. The normalized spacial score (nSPS) is 11.6. The Labute approximate surface area is 166 Å². The largest absolute Gasteiger partial charge is 0.569 e. The molecule has 4 nitrogen and oxygen atoms in total. The Bertz CT molecular complexity index is 1520. The zero-order valence-corrected chi connectivity index (χ0v) is 15.4. The summed E-state index contributed by atoms with van der Waals surface area (Å²) >= 11 is 0. The van der Waals surface area contributed by atoms with E-state index in [4.69, 9.17) is 14.1 Å². The average molecular weight is 376 g/mol. The molecule has 4 aromatic carbocycles. The van der Waals surface area contributed by atoms with Crippen LogP contribution < -0.4 is 4.65 Å². The monoisotopic (exact) mass is 376 g/mol. The van der Waals surface area contributed by atoms with Crippen molar-refractivity contribution in [2.45, 2.75) is 0 Å². The molecule has 0 saturated heterocycles. The summed E-state index contributed by atoms with van der Waals surface area (Å²) in [5, 5.41) is 13.3. The topological polar surface area (TPSA) is 47.5 Å². The highest BCUT2D eigenvalue weighted by Crippen LogP contribution is 2.42. The maximum atomic E-state index is 9.10. The van der Waals surface area contributed by atoms with Gasteiger partial charge in [-0.15, -0.1) is 0 Å². The molecule has 29 heavy (non-hydrogen) atoms. The summed E-state index contributed by atoms with van der Waals surface area (Å²) in [6, 6.07) is 28.6. The molecular formula is C24H15BNO3. The lowest BCUT2D eigenvalue weighted by atomic mass is 10.1. The number of benzene rings is 4. The molecule has 2 heterocycles. The Morgan fingerprint density at radius 3 is 2.31 bits per heavy atom. The molecule has 1 radical (unpaired) electrons. The van der Waals surface area contributed by atoms with Crippen LogP contribution in [0.3, 0.4) is 0 Å². The lowest BCUT2D eigenvalue weighted by Gasteiger charge is -2.07. The molecule has 0 unspecified atom stereocenters. The second-order valence-electron chi connectivity index (χ2n) is 6.98. The number of aromatic nitrogens is 1. The van der Waals surface area contributed by atoms with E-state index in [2.05, 4.69) is 47.0 Å². The van der Waals surface area contributed by atoms with Crippen LogP contribution in [0, 0.1) is 0 Å². The van der Waals surface area contributed by atoms with Crippen LogP contribution in [-0.2, 0) is 0 Å². The van der Waals surface area contributed by atoms with Crippen molar-refractivity contribution >= 4 is 51.4 Å². The summed E-state index contributed by atoms with van der Waals surface area (Å²) in [7, 11) is 0.679. The van der Waals surface area contributed by atoms with E-state index in [0.29, 0.717) is 19.0 Å². The summed E-state index contributed by atoms with van der Waals surface area (Å²) < 4.78 is 13.9. The first-order valence-electron chi connectivity index (χ1n) is 9.42. The lowest BCUT2D eigenvalue weighted by Crippen LogP contribution is -1.99. The van der Waals surface area contributed by atoms with Crippen molar-refractivity contribution in [2.24, 2.45) is 0 Å². The van der Waals surface area contributed by atoms with Gasteiger partial charge in [0, 0.05) is 21.8 Å². The number of para-hydroxylation sites is 3. The van der Waals surface area contributed by atoms with E-state index in [1.807, 2.05) is 36.4 Å². The second kappa shape index (κ2) is 6.16. The molecule has 0 amide bonds. The van der Waals surface area contributed by atoms with E-state index in [0.717, 1.165) is 43.8 Å². The van der Waals surface area contributed by atoms with Gasteiger partial charge in [-0.25, -0.2) is 0 Å². The zero-order valence-electron chi connectivity index (χ0n) is 15.4. The number of hydrogen-bond donors (Lipinski definition) is 1. The Kier molecular flexibility index (Phi) is 3.46. The predicted molar refractivity (Wildman–Crippen MR) is 117 cm³/mol. The summed E-state index contributed by atoms with van der Waals surface area (Å²) in [6.45, 7) is 0. The summed E-state index contributed by atoms with van der Waals surface area (Å²) in [5.41, 5.74) is 4.75. The maximum absolute atomic E-state index is 9.10. The van der Waals surface area contributed by atoms with Gasteiger partial charge in [0.1, 0.15) is 11.3 Å². The summed E-state index contributed by atoms with van der Waals surface area (Å²) in [4.78, 5) is 0. The maximum Gasteiger partial charge on any atom is 0.569 e. The second-order valence-corrected chi connectivity index (χ2v) is 6.98. The quantitative estimate of drug-likeness (QED) is 0.410. The van der Waals surface area contributed by atoms with Gasteiger partial charge >= 0.3 is 7.69 Å². The van der Waals surface area contributed by atoms with Crippen molar-refractivity contribution < 1.29 is 14.1 Å². The van der Waals surface area contributed by atoms with Gasteiger partial charge < -0.3 is 18.7 Å². The SMILES string of the molecule is O[B]Oc1cccc2c1oc1c2ccc2c1c1ccccc1n2-c1ccccc1. The van der Waals surface area contributed by atoms with Crippen LogP contribution in [0.15, 0.2) is 89.3 Å². The zero-order chi connectivity index (χ0) is 19.4. The fourth-order valence-corrected chi connectivity index (χ4v) is 4.29. The Hall–Kier alpha value is -3.70. The molecule has 0 aliphatic carbocycles. The van der Waals surface area contributed by atoms with Gasteiger partial charge in [-0.2, -0.15) is 0 Å². The van der Waals surface area contributed by atoms with Crippen molar-refractivity contribution in [3.05, 3.63) is 84.9 Å². The molecule has 0 fully saturated rings. The lowest BCUT2D eigenvalue weighted by molar-refractivity contribution is 0.451. The van der Waals surface area contributed by atoms with E-state index in [-0.39, 0.29) is 0 Å². The molecule has 0 spiro atoms. The third kappa shape index (κ3) is 2.25. The first kappa shape index (κ1) is 16.3. The molecule has 5 heteroatoms. The molecule has 0 saturated carbocycles. The highest BCUT2D eigenvalue weighted by Gasteiger charge is 2.19. The van der Waals surface area contributed by atoms with Crippen molar-refractivity contribution in [1.29, 1.82) is 0 Å². The van der Waals surface area contributed by atoms with Gasteiger partial charge in [-0.05, 0) is 36.4 Å². The molecule has 6 rings (SSSR count). The van der Waals surface area contributed by atoms with Crippen LogP contribution in [0.4, 0.5) is 0 Å². The van der Waals surface area contributed by atoms with E-state index < -0.39 is 0 Å². The third-order valence-electron chi connectivity index (χ3n) is 5.46. The number of rotatable bonds is 3. The Morgan fingerprint density at radius 2 is 1.45 bits per heavy atom. The average Bonchev–Trinajstić information content (AvgIpc) is 3.31. The van der Waals surface area contributed by atoms with Crippen LogP contribution in [0.1, 0.15) is 0 Å². The van der Waals surface area contributed by atoms with E-state index in [1.54, 1.807) is 6.07 Å². The molecule has 1 N–H and O–H groups in total. The van der Waals surface area contributed by atoms with Crippen LogP contribution in [0.5, 0.6) is 5.75 Å². The van der Waals surface area contributed by atoms with Gasteiger partial charge in [0.25, 0.3) is 0 Å². The Morgan fingerprint density at radius 1 is 0.690 bits per heavy atom. The molecular weight excluding hydrogens is 361 g/mol. The van der Waals surface area contributed by atoms with Crippen LogP contribution in [0.2, 0.25) is 0 Å². The minimum atomic E-state index is 0.487. The van der Waals surface area contributed by atoms with Crippen molar-refractivity contribution in [3.8, 4) is 11.4 Å². The van der Waals surface area contributed by atoms with Crippen molar-refractivity contribution in [2.75, 3.05) is 0 Å². The van der Waals surface area contributed by atoms with E-state index in [1.165, 1.54) is 0 Å². The first-order valence-corrected chi connectivity index (χ1v) is 9.42. The van der Waals surface area contributed by atoms with Crippen LogP contribution >= 0.6 is 0 Å². The number of nitrogens with zero attached hydrogens (tertiary/aromatic N) is 1. The minimum Gasteiger partial charge on any atom is -0.535 e. The fraction of sp³-hybridized carbons (Fsp3) is 0. The standard InChI is InChI=1S/C24H15BNO3/c27-25-29-21-12-6-10-16-17-13-14-20-22(24(17)28-23(16)21)18-9-4-5-11-19(18)26(20)15-7-2-1-3-8-15/h1-14,27H.